The largest absolute Gasteiger partial charge is 0.494 e. The lowest BCUT2D eigenvalue weighted by Crippen LogP contribution is -2.20. The summed E-state index contributed by atoms with van der Waals surface area (Å²) < 4.78 is 5.87. The topological polar surface area (TPSA) is 12.5 Å². The summed E-state index contributed by atoms with van der Waals surface area (Å²) in [6, 6.07) is 19.0. The predicted molar refractivity (Wildman–Crippen MR) is 93.4 cm³/mol. The van der Waals surface area contributed by atoms with E-state index >= 15 is 0 Å². The van der Waals surface area contributed by atoms with E-state index in [0.717, 1.165) is 31.9 Å². The molecule has 0 amide bonds. The van der Waals surface area contributed by atoms with Gasteiger partial charge in [-0.05, 0) is 42.6 Å². The summed E-state index contributed by atoms with van der Waals surface area (Å²) >= 11 is 0. The molecule has 0 aliphatic heterocycles. The molecule has 0 atom stereocenters. The average molecular weight is 297 g/mol. The first-order valence-corrected chi connectivity index (χ1v) is 8.10. The van der Waals surface area contributed by atoms with Gasteiger partial charge in [0.2, 0.25) is 0 Å². The number of hydrogen-bond acceptors (Lipinski definition) is 2. The zero-order valence-electron chi connectivity index (χ0n) is 14.0. The highest BCUT2D eigenvalue weighted by atomic mass is 16.5. The van der Waals surface area contributed by atoms with Gasteiger partial charge in [-0.2, -0.15) is 0 Å². The lowest BCUT2D eigenvalue weighted by atomic mass is 10.0. The lowest BCUT2D eigenvalue weighted by Gasteiger charge is -2.17. The van der Waals surface area contributed by atoms with Crippen LogP contribution >= 0.6 is 0 Å². The number of hydrogen-bond donors (Lipinski definition) is 0. The third kappa shape index (κ3) is 5.53. The Balaban J connectivity index is 1.69. The third-order valence-electron chi connectivity index (χ3n) is 3.77. The first kappa shape index (κ1) is 16.6. The highest BCUT2D eigenvalue weighted by Gasteiger charge is 2.02. The number of nitrogens with zero attached hydrogens (tertiary/aromatic N) is 1. The molecule has 0 N–H and O–H groups in total. The summed E-state index contributed by atoms with van der Waals surface area (Å²) in [6.07, 6.45) is 1.04. The van der Waals surface area contributed by atoms with Crippen LogP contribution in [0.3, 0.4) is 0 Å². The minimum Gasteiger partial charge on any atom is -0.494 e. The second-order valence-electron chi connectivity index (χ2n) is 6.15. The summed E-state index contributed by atoms with van der Waals surface area (Å²) in [5.41, 5.74) is 2.69. The molecule has 0 saturated heterocycles. The molecule has 22 heavy (non-hydrogen) atoms. The van der Waals surface area contributed by atoms with Crippen LogP contribution in [-0.2, 0) is 6.54 Å². The Labute approximate surface area is 134 Å². The van der Waals surface area contributed by atoms with Crippen LogP contribution in [0.2, 0.25) is 0 Å². The van der Waals surface area contributed by atoms with Crippen molar-refractivity contribution in [2.45, 2.75) is 32.7 Å². The number of ether oxygens (including phenoxy) is 1. The fourth-order valence-corrected chi connectivity index (χ4v) is 2.46. The van der Waals surface area contributed by atoms with E-state index in [9.17, 15) is 0 Å². The molecule has 0 spiro atoms. The second kappa shape index (κ2) is 8.60. The van der Waals surface area contributed by atoms with E-state index in [4.69, 9.17) is 4.74 Å². The molecular formula is C20H27NO. The minimum atomic E-state index is 0.542. The molecule has 2 aromatic carbocycles. The SMILES string of the molecule is CC(C)c1cccc(OCCCN(C)Cc2ccccc2)c1. The Morgan fingerprint density at radius 2 is 1.77 bits per heavy atom. The molecule has 0 heterocycles. The van der Waals surface area contributed by atoms with Gasteiger partial charge in [-0.1, -0.05) is 56.3 Å². The van der Waals surface area contributed by atoms with Gasteiger partial charge >= 0.3 is 0 Å². The van der Waals surface area contributed by atoms with E-state index in [-0.39, 0.29) is 0 Å². The zero-order chi connectivity index (χ0) is 15.8. The van der Waals surface area contributed by atoms with Crippen molar-refractivity contribution in [3.63, 3.8) is 0 Å². The summed E-state index contributed by atoms with van der Waals surface area (Å²) in [5.74, 6) is 1.53. The molecule has 2 heteroatoms. The van der Waals surface area contributed by atoms with Gasteiger partial charge in [0.1, 0.15) is 5.75 Å². The van der Waals surface area contributed by atoms with Gasteiger partial charge in [0, 0.05) is 13.1 Å². The van der Waals surface area contributed by atoms with Gasteiger partial charge in [0.25, 0.3) is 0 Å². The molecular weight excluding hydrogens is 270 g/mol. The van der Waals surface area contributed by atoms with Gasteiger partial charge in [-0.3, -0.25) is 0 Å². The van der Waals surface area contributed by atoms with Crippen LogP contribution in [0, 0.1) is 0 Å². The zero-order valence-corrected chi connectivity index (χ0v) is 14.0. The monoisotopic (exact) mass is 297 g/mol. The third-order valence-corrected chi connectivity index (χ3v) is 3.77. The maximum atomic E-state index is 5.87. The summed E-state index contributed by atoms with van der Waals surface area (Å²) in [6.45, 7) is 7.21. The Bertz CT molecular complexity index is 551. The summed E-state index contributed by atoms with van der Waals surface area (Å²) in [7, 11) is 2.16. The van der Waals surface area contributed by atoms with Crippen LogP contribution in [0.15, 0.2) is 54.6 Å². The van der Waals surface area contributed by atoms with Crippen LogP contribution in [0.1, 0.15) is 37.3 Å². The minimum absolute atomic E-state index is 0.542. The van der Waals surface area contributed by atoms with Crippen molar-refractivity contribution in [2.75, 3.05) is 20.2 Å². The maximum absolute atomic E-state index is 5.87. The Kier molecular flexibility index (Phi) is 6.47. The van der Waals surface area contributed by atoms with Crippen molar-refractivity contribution in [1.82, 2.24) is 4.90 Å². The highest BCUT2D eigenvalue weighted by Crippen LogP contribution is 2.20. The van der Waals surface area contributed by atoms with E-state index < -0.39 is 0 Å². The summed E-state index contributed by atoms with van der Waals surface area (Å²) in [5, 5.41) is 0. The van der Waals surface area contributed by atoms with Crippen LogP contribution < -0.4 is 4.74 Å². The van der Waals surface area contributed by atoms with Crippen LogP contribution in [0.25, 0.3) is 0 Å². The first-order chi connectivity index (χ1) is 10.6. The molecule has 2 rings (SSSR count). The Morgan fingerprint density at radius 3 is 2.50 bits per heavy atom. The van der Waals surface area contributed by atoms with E-state index in [2.05, 4.69) is 74.3 Å². The molecule has 0 unspecified atom stereocenters. The molecule has 0 bridgehead atoms. The Morgan fingerprint density at radius 1 is 1.00 bits per heavy atom. The molecule has 2 nitrogen and oxygen atoms in total. The van der Waals surface area contributed by atoms with E-state index in [1.807, 2.05) is 6.07 Å². The number of benzene rings is 2. The average Bonchev–Trinajstić information content (AvgIpc) is 2.53. The van der Waals surface area contributed by atoms with Crippen molar-refractivity contribution in [3.8, 4) is 5.75 Å². The van der Waals surface area contributed by atoms with Crippen molar-refractivity contribution < 1.29 is 4.74 Å². The Hall–Kier alpha value is -1.80. The van der Waals surface area contributed by atoms with E-state index in [0.29, 0.717) is 5.92 Å². The van der Waals surface area contributed by atoms with Crippen molar-refractivity contribution >= 4 is 0 Å². The molecule has 0 radical (unpaired) electrons. The molecule has 118 valence electrons. The van der Waals surface area contributed by atoms with Crippen molar-refractivity contribution in [2.24, 2.45) is 0 Å². The first-order valence-electron chi connectivity index (χ1n) is 8.10. The highest BCUT2D eigenvalue weighted by molar-refractivity contribution is 5.30. The van der Waals surface area contributed by atoms with Crippen molar-refractivity contribution in [1.29, 1.82) is 0 Å². The second-order valence-corrected chi connectivity index (χ2v) is 6.15. The maximum Gasteiger partial charge on any atom is 0.119 e. The fraction of sp³-hybridized carbons (Fsp3) is 0.400. The smallest absolute Gasteiger partial charge is 0.119 e. The molecule has 0 aliphatic carbocycles. The molecule has 0 aromatic heterocycles. The normalized spacial score (nSPS) is 11.1. The van der Waals surface area contributed by atoms with Crippen LogP contribution in [0.4, 0.5) is 0 Å². The quantitative estimate of drug-likeness (QED) is 0.654. The molecule has 0 aliphatic rings. The van der Waals surface area contributed by atoms with E-state index in [1.54, 1.807) is 0 Å². The fourth-order valence-electron chi connectivity index (χ4n) is 2.46. The molecule has 0 fully saturated rings. The van der Waals surface area contributed by atoms with Crippen molar-refractivity contribution in [3.05, 3.63) is 65.7 Å². The predicted octanol–water partition coefficient (Wildman–Crippen LogP) is 4.71. The molecule has 2 aromatic rings. The lowest BCUT2D eigenvalue weighted by molar-refractivity contribution is 0.258. The molecule has 0 saturated carbocycles. The van der Waals surface area contributed by atoms with Gasteiger partial charge in [0.05, 0.1) is 6.61 Å². The number of rotatable bonds is 8. The van der Waals surface area contributed by atoms with Gasteiger partial charge in [-0.15, -0.1) is 0 Å². The van der Waals surface area contributed by atoms with Gasteiger partial charge in [0.15, 0.2) is 0 Å². The summed E-state index contributed by atoms with van der Waals surface area (Å²) in [4.78, 5) is 2.34. The standard InChI is InChI=1S/C20H27NO/c1-17(2)19-11-7-12-20(15-19)22-14-8-13-21(3)16-18-9-5-4-6-10-18/h4-7,9-12,15,17H,8,13-14,16H2,1-3H3. The van der Waals surface area contributed by atoms with Crippen LogP contribution in [0.5, 0.6) is 5.75 Å². The van der Waals surface area contributed by atoms with Gasteiger partial charge in [-0.25, -0.2) is 0 Å². The van der Waals surface area contributed by atoms with Crippen LogP contribution in [-0.4, -0.2) is 25.1 Å². The van der Waals surface area contributed by atoms with Gasteiger partial charge < -0.3 is 9.64 Å². The van der Waals surface area contributed by atoms with E-state index in [1.165, 1.54) is 11.1 Å².